The molecule has 76 valence electrons. The van der Waals surface area contributed by atoms with Crippen molar-refractivity contribution in [1.29, 1.82) is 0 Å². The van der Waals surface area contributed by atoms with Gasteiger partial charge in [-0.2, -0.15) is 11.8 Å². The van der Waals surface area contributed by atoms with Gasteiger partial charge in [0.2, 0.25) is 0 Å². The zero-order chi connectivity index (χ0) is 10.4. The number of Topliss-reactive ketones (excluding diaryl/α,β-unsaturated/α-hetero) is 1. The first-order chi connectivity index (χ1) is 6.70. The van der Waals surface area contributed by atoms with Gasteiger partial charge in [-0.3, -0.25) is 4.79 Å². The van der Waals surface area contributed by atoms with Gasteiger partial charge in [0.15, 0.2) is 0 Å². The highest BCUT2D eigenvalue weighted by atomic mass is 32.2. The monoisotopic (exact) mass is 208 g/mol. The molecule has 0 radical (unpaired) electrons. The SMILES string of the molecule is CC(=O)CCSCc1ccccc1C. The Bertz CT molecular complexity index is 307. The number of carbonyl (C=O) groups is 1. The predicted molar refractivity (Wildman–Crippen MR) is 62.6 cm³/mol. The molecule has 0 bridgehead atoms. The summed E-state index contributed by atoms with van der Waals surface area (Å²) in [7, 11) is 0. The summed E-state index contributed by atoms with van der Waals surface area (Å²) in [6, 6.07) is 8.39. The lowest BCUT2D eigenvalue weighted by Crippen LogP contribution is -1.93. The van der Waals surface area contributed by atoms with Gasteiger partial charge in [-0.05, 0) is 25.0 Å². The number of aryl methyl sites for hydroxylation is 1. The van der Waals surface area contributed by atoms with Gasteiger partial charge in [-0.25, -0.2) is 0 Å². The minimum Gasteiger partial charge on any atom is -0.300 e. The molecule has 0 aliphatic carbocycles. The van der Waals surface area contributed by atoms with Crippen molar-refractivity contribution in [2.24, 2.45) is 0 Å². The smallest absolute Gasteiger partial charge is 0.130 e. The van der Waals surface area contributed by atoms with Gasteiger partial charge >= 0.3 is 0 Å². The number of carbonyl (C=O) groups excluding carboxylic acids is 1. The molecule has 1 aromatic rings. The van der Waals surface area contributed by atoms with E-state index in [-0.39, 0.29) is 5.78 Å². The van der Waals surface area contributed by atoms with E-state index in [1.165, 1.54) is 11.1 Å². The Morgan fingerprint density at radius 2 is 2.07 bits per heavy atom. The fourth-order valence-electron chi connectivity index (χ4n) is 1.17. The van der Waals surface area contributed by atoms with Gasteiger partial charge in [-0.15, -0.1) is 0 Å². The Kier molecular flexibility index (Phi) is 4.74. The summed E-state index contributed by atoms with van der Waals surface area (Å²) in [5.74, 6) is 2.23. The van der Waals surface area contributed by atoms with Crippen molar-refractivity contribution < 1.29 is 4.79 Å². The Morgan fingerprint density at radius 3 is 2.71 bits per heavy atom. The first kappa shape index (κ1) is 11.3. The van der Waals surface area contributed by atoms with Crippen LogP contribution in [0.25, 0.3) is 0 Å². The molecule has 0 aliphatic rings. The highest BCUT2D eigenvalue weighted by Crippen LogP contribution is 2.16. The maximum absolute atomic E-state index is 10.7. The third kappa shape index (κ3) is 3.97. The minimum atomic E-state index is 0.280. The third-order valence-corrected chi connectivity index (χ3v) is 3.13. The molecule has 0 unspecified atom stereocenters. The predicted octanol–water partition coefficient (Wildman–Crippen LogP) is 3.21. The lowest BCUT2D eigenvalue weighted by atomic mass is 10.1. The van der Waals surface area contributed by atoms with Crippen molar-refractivity contribution in [3.05, 3.63) is 35.4 Å². The quantitative estimate of drug-likeness (QED) is 0.691. The van der Waals surface area contributed by atoms with Crippen LogP contribution in [0.15, 0.2) is 24.3 Å². The van der Waals surface area contributed by atoms with Crippen molar-refractivity contribution in [2.45, 2.75) is 26.0 Å². The summed E-state index contributed by atoms with van der Waals surface area (Å²) in [6.07, 6.45) is 0.691. The number of hydrogen-bond donors (Lipinski definition) is 0. The van der Waals surface area contributed by atoms with Gasteiger partial charge in [0.25, 0.3) is 0 Å². The molecule has 0 N–H and O–H groups in total. The summed E-state index contributed by atoms with van der Waals surface area (Å²) < 4.78 is 0. The summed E-state index contributed by atoms with van der Waals surface area (Å²) in [5.41, 5.74) is 2.71. The molecule has 0 aromatic heterocycles. The normalized spacial score (nSPS) is 10.1. The van der Waals surface area contributed by atoms with Crippen LogP contribution in [0.1, 0.15) is 24.5 Å². The van der Waals surface area contributed by atoms with Crippen molar-refractivity contribution in [1.82, 2.24) is 0 Å². The van der Waals surface area contributed by atoms with Crippen molar-refractivity contribution in [3.63, 3.8) is 0 Å². The number of ketones is 1. The average molecular weight is 208 g/mol. The Hall–Kier alpha value is -0.760. The second kappa shape index (κ2) is 5.86. The van der Waals surface area contributed by atoms with Crippen LogP contribution in [-0.4, -0.2) is 11.5 Å². The van der Waals surface area contributed by atoms with E-state index in [1.807, 2.05) is 11.8 Å². The fraction of sp³-hybridized carbons (Fsp3) is 0.417. The molecule has 0 heterocycles. The topological polar surface area (TPSA) is 17.1 Å². The number of hydrogen-bond acceptors (Lipinski definition) is 2. The van der Waals surface area contributed by atoms with E-state index in [0.717, 1.165) is 11.5 Å². The summed E-state index contributed by atoms with van der Waals surface area (Å²) in [4.78, 5) is 10.7. The molecular weight excluding hydrogens is 192 g/mol. The van der Waals surface area contributed by atoms with Crippen LogP contribution in [0.4, 0.5) is 0 Å². The zero-order valence-electron chi connectivity index (χ0n) is 8.75. The van der Waals surface area contributed by atoms with E-state index in [9.17, 15) is 4.79 Å². The second-order valence-corrected chi connectivity index (χ2v) is 4.54. The molecule has 1 rings (SSSR count). The van der Waals surface area contributed by atoms with Gasteiger partial charge < -0.3 is 0 Å². The molecule has 0 saturated heterocycles. The first-order valence-corrected chi connectivity index (χ1v) is 5.97. The van der Waals surface area contributed by atoms with Crippen molar-refractivity contribution in [3.8, 4) is 0 Å². The van der Waals surface area contributed by atoms with E-state index in [4.69, 9.17) is 0 Å². The largest absolute Gasteiger partial charge is 0.300 e. The van der Waals surface area contributed by atoms with E-state index < -0.39 is 0 Å². The van der Waals surface area contributed by atoms with Gasteiger partial charge in [0, 0.05) is 17.9 Å². The van der Waals surface area contributed by atoms with E-state index in [1.54, 1.807) is 6.92 Å². The minimum absolute atomic E-state index is 0.280. The van der Waals surface area contributed by atoms with E-state index >= 15 is 0 Å². The molecule has 0 fully saturated rings. The molecule has 0 aliphatic heterocycles. The lowest BCUT2D eigenvalue weighted by molar-refractivity contribution is -0.116. The van der Waals surface area contributed by atoms with Crippen LogP contribution in [0, 0.1) is 6.92 Å². The van der Waals surface area contributed by atoms with Crippen molar-refractivity contribution in [2.75, 3.05) is 5.75 Å². The molecule has 0 atom stereocenters. The zero-order valence-corrected chi connectivity index (χ0v) is 9.56. The van der Waals surface area contributed by atoms with E-state index in [2.05, 4.69) is 31.2 Å². The highest BCUT2D eigenvalue weighted by Gasteiger charge is 1.98. The summed E-state index contributed by atoms with van der Waals surface area (Å²) in [5, 5.41) is 0. The summed E-state index contributed by atoms with van der Waals surface area (Å²) in [6.45, 7) is 3.77. The fourth-order valence-corrected chi connectivity index (χ4v) is 2.29. The average Bonchev–Trinajstić information content (AvgIpc) is 2.15. The maximum atomic E-state index is 10.7. The van der Waals surface area contributed by atoms with Gasteiger partial charge in [0.1, 0.15) is 5.78 Å². The lowest BCUT2D eigenvalue weighted by Gasteiger charge is -2.04. The highest BCUT2D eigenvalue weighted by molar-refractivity contribution is 7.98. The van der Waals surface area contributed by atoms with Crippen LogP contribution in [0.2, 0.25) is 0 Å². The second-order valence-electron chi connectivity index (χ2n) is 3.43. The number of thioether (sulfide) groups is 1. The molecule has 1 nitrogen and oxygen atoms in total. The Labute approximate surface area is 89.9 Å². The van der Waals surface area contributed by atoms with Crippen LogP contribution in [0.3, 0.4) is 0 Å². The Balaban J connectivity index is 2.31. The van der Waals surface area contributed by atoms with Crippen LogP contribution >= 0.6 is 11.8 Å². The third-order valence-electron chi connectivity index (χ3n) is 2.12. The Morgan fingerprint density at radius 1 is 1.36 bits per heavy atom. The molecule has 0 amide bonds. The van der Waals surface area contributed by atoms with Crippen LogP contribution < -0.4 is 0 Å². The molecule has 0 saturated carbocycles. The molecule has 14 heavy (non-hydrogen) atoms. The molecule has 0 spiro atoms. The van der Waals surface area contributed by atoms with Crippen LogP contribution in [0.5, 0.6) is 0 Å². The number of benzene rings is 1. The molecular formula is C12H16OS. The first-order valence-electron chi connectivity index (χ1n) is 4.82. The van der Waals surface area contributed by atoms with E-state index in [0.29, 0.717) is 6.42 Å². The maximum Gasteiger partial charge on any atom is 0.130 e. The summed E-state index contributed by atoms with van der Waals surface area (Å²) >= 11 is 1.83. The van der Waals surface area contributed by atoms with Gasteiger partial charge in [0.05, 0.1) is 0 Å². The van der Waals surface area contributed by atoms with Gasteiger partial charge in [-0.1, -0.05) is 24.3 Å². The molecule has 1 aromatic carbocycles. The standard InChI is InChI=1S/C12H16OS/c1-10-5-3-4-6-12(10)9-14-8-7-11(2)13/h3-6H,7-9H2,1-2H3. The molecule has 2 heteroatoms. The number of rotatable bonds is 5. The van der Waals surface area contributed by atoms with Crippen LogP contribution in [-0.2, 0) is 10.5 Å². The van der Waals surface area contributed by atoms with Crippen molar-refractivity contribution >= 4 is 17.5 Å².